The average molecular weight is 519 g/mol. The zero-order valence-corrected chi connectivity index (χ0v) is 21.1. The fourth-order valence-electron chi connectivity index (χ4n) is 5.13. The van der Waals surface area contributed by atoms with Crippen molar-refractivity contribution in [3.63, 3.8) is 0 Å². The summed E-state index contributed by atoms with van der Waals surface area (Å²) in [5.41, 5.74) is 2.88. The summed E-state index contributed by atoms with van der Waals surface area (Å²) in [5.74, 6) is 2.87. The first-order valence-corrected chi connectivity index (χ1v) is 12.5. The molecule has 0 aromatic heterocycles. The predicted molar refractivity (Wildman–Crippen MR) is 121 cm³/mol. The molecule has 2 aliphatic heterocycles. The molecule has 1 aromatic rings. The average Bonchev–Trinajstić information content (AvgIpc) is 2.98. The van der Waals surface area contributed by atoms with Crippen LogP contribution in [0.25, 0.3) is 5.32 Å². The Kier molecular flexibility index (Phi) is 12.0. The molecule has 0 saturated carbocycles. The summed E-state index contributed by atoms with van der Waals surface area (Å²) in [7, 11) is 2.34. The maximum atomic E-state index is 8.22. The quantitative estimate of drug-likeness (QED) is 0.351. The Labute approximate surface area is 198 Å². The van der Waals surface area contributed by atoms with Gasteiger partial charge in [0.2, 0.25) is 0 Å². The van der Waals surface area contributed by atoms with Gasteiger partial charge in [-0.1, -0.05) is 29.8 Å². The minimum absolute atomic E-state index is 0.663. The zero-order chi connectivity index (χ0) is 21.2. The van der Waals surface area contributed by atoms with Crippen molar-refractivity contribution in [3.8, 4) is 0 Å². The summed E-state index contributed by atoms with van der Waals surface area (Å²) >= 11 is 11.2. The molecule has 2 bridgehead atoms. The Morgan fingerprint density at radius 2 is 1.83 bits per heavy atom. The van der Waals surface area contributed by atoms with Gasteiger partial charge in [0, 0.05) is 18.6 Å². The van der Waals surface area contributed by atoms with Crippen LogP contribution in [-0.4, -0.2) is 73.2 Å². The van der Waals surface area contributed by atoms with Crippen LogP contribution in [0.2, 0.25) is 0 Å². The van der Waals surface area contributed by atoms with Crippen LogP contribution in [-0.2, 0) is 47.6 Å². The van der Waals surface area contributed by atoms with E-state index in [2.05, 4.69) is 53.4 Å². The van der Waals surface area contributed by atoms with Crippen LogP contribution in [0.1, 0.15) is 36.3 Å². The van der Waals surface area contributed by atoms with Gasteiger partial charge in [-0.25, -0.2) is 0 Å². The van der Waals surface area contributed by atoms with Crippen molar-refractivity contribution >= 4 is 25.3 Å². The van der Waals surface area contributed by atoms with Crippen molar-refractivity contribution in [1.82, 2.24) is 9.80 Å². The molecule has 1 aromatic carbocycles. The monoisotopic (exact) mass is 517 g/mol. The fourth-order valence-corrected chi connectivity index (χ4v) is 5.52. The normalized spacial score (nSPS) is 26.3. The summed E-state index contributed by atoms with van der Waals surface area (Å²) in [6.45, 7) is 7.02. The summed E-state index contributed by atoms with van der Waals surface area (Å²) < 4.78 is 8.22. The van der Waals surface area contributed by atoms with E-state index in [1.165, 1.54) is 30.4 Å². The molecule has 0 aliphatic carbocycles. The van der Waals surface area contributed by atoms with E-state index in [0.29, 0.717) is 17.9 Å². The third-order valence-electron chi connectivity index (χ3n) is 6.64. The van der Waals surface area contributed by atoms with E-state index in [1.54, 1.807) is 0 Å². The van der Waals surface area contributed by atoms with Crippen molar-refractivity contribution in [2.24, 2.45) is 5.92 Å². The van der Waals surface area contributed by atoms with Crippen LogP contribution in [0.5, 0.6) is 0 Å². The van der Waals surface area contributed by atoms with Crippen molar-refractivity contribution < 1.29 is 22.4 Å². The Hall–Kier alpha value is 0.249. The van der Waals surface area contributed by atoms with E-state index in [4.69, 9.17) is 28.8 Å². The van der Waals surface area contributed by atoms with Crippen LogP contribution in [0.3, 0.4) is 0 Å². The van der Waals surface area contributed by atoms with Crippen LogP contribution >= 0.6 is 0 Å². The molecule has 0 N–H and O–H groups in total. The summed E-state index contributed by atoms with van der Waals surface area (Å²) in [5, 5.41) is 4.56. The number of benzene rings is 1. The van der Waals surface area contributed by atoms with Crippen LogP contribution < -0.4 is 0 Å². The Morgan fingerprint density at radius 1 is 1.10 bits per heavy atom. The van der Waals surface area contributed by atoms with E-state index < -0.39 is 0 Å². The second kappa shape index (κ2) is 13.6. The molecule has 2 aliphatic rings. The molecule has 0 unspecified atom stereocenters. The molecule has 0 spiro atoms. The molecule has 162 valence electrons. The van der Waals surface area contributed by atoms with Crippen molar-refractivity contribution in [2.45, 2.75) is 44.2 Å². The van der Waals surface area contributed by atoms with Gasteiger partial charge >= 0.3 is 22.4 Å². The molecule has 0 radical (unpaired) electrons. The van der Waals surface area contributed by atoms with Gasteiger partial charge in [0.25, 0.3) is 0 Å². The predicted octanol–water partition coefficient (Wildman–Crippen LogP) is 3.21. The topological polar surface area (TPSA) is 37.7 Å². The van der Waals surface area contributed by atoms with Crippen LogP contribution in [0.4, 0.5) is 0 Å². The van der Waals surface area contributed by atoms with Gasteiger partial charge in [0.15, 0.2) is 0 Å². The fraction of sp³-hybridized carbons (Fsp3) is 0.727. The Balaban J connectivity index is 0.00000145. The summed E-state index contributed by atoms with van der Waals surface area (Å²) in [6, 6.07) is 10.8. The number of nitrogens with zero attached hydrogens (tertiary/aromatic N) is 3. The number of hydrogen-bond acceptors (Lipinski definition) is 5. The third kappa shape index (κ3) is 7.13. The molecule has 29 heavy (non-hydrogen) atoms. The van der Waals surface area contributed by atoms with Crippen molar-refractivity contribution in [3.05, 3.63) is 40.7 Å². The van der Waals surface area contributed by atoms with Gasteiger partial charge in [0.1, 0.15) is 0 Å². The molecular formula is C22H34N3OS2Tc. The van der Waals surface area contributed by atoms with E-state index >= 15 is 0 Å². The molecule has 4 atom stereocenters. The first-order valence-electron chi connectivity index (χ1n) is 10.6. The first kappa shape index (κ1) is 25.5. The maximum absolute atomic E-state index is 8.22. The molecule has 4 nitrogen and oxygen atoms in total. The molecular weight excluding hydrogens is 484 g/mol. The third-order valence-corrected chi connectivity index (χ3v) is 7.00. The second-order valence-electron chi connectivity index (χ2n) is 8.26. The van der Waals surface area contributed by atoms with Gasteiger partial charge in [-0.05, 0) is 63.7 Å². The number of fused-ring (bicyclic) bond motifs is 2. The minimum atomic E-state index is 0.663. The first-order chi connectivity index (χ1) is 14.1. The number of piperidine rings is 1. The van der Waals surface area contributed by atoms with Crippen LogP contribution in [0.15, 0.2) is 24.3 Å². The van der Waals surface area contributed by atoms with Crippen molar-refractivity contribution in [2.75, 3.05) is 51.3 Å². The van der Waals surface area contributed by atoms with Gasteiger partial charge in [-0.15, -0.1) is 6.54 Å². The molecule has 0 amide bonds. The van der Waals surface area contributed by atoms with E-state index in [1.807, 2.05) is 0 Å². The van der Waals surface area contributed by atoms with E-state index in [-0.39, 0.29) is 0 Å². The molecule has 2 heterocycles. The molecule has 2 fully saturated rings. The molecule has 3 rings (SSSR count). The summed E-state index contributed by atoms with van der Waals surface area (Å²) in [4.78, 5) is 5.24. The number of hydrogen-bond donors (Lipinski definition) is 0. The molecule has 2 saturated heterocycles. The van der Waals surface area contributed by atoms with E-state index in [9.17, 15) is 0 Å². The van der Waals surface area contributed by atoms with E-state index in [0.717, 1.165) is 69.1 Å². The second-order valence-corrected chi connectivity index (χ2v) is 9.08. The van der Waals surface area contributed by atoms with Crippen LogP contribution in [0, 0.1) is 12.8 Å². The van der Waals surface area contributed by atoms with Gasteiger partial charge < -0.3 is 40.4 Å². The number of rotatable bonds is 10. The zero-order valence-electron chi connectivity index (χ0n) is 17.6. The van der Waals surface area contributed by atoms with Crippen molar-refractivity contribution in [1.29, 1.82) is 0 Å². The van der Waals surface area contributed by atoms with Gasteiger partial charge in [0.05, 0.1) is 0 Å². The SMILES string of the molecule is Cc1ccc([C@H]2C[C@@H]3CC[C@H]([C@H]2CN(CC[S-])CC[N-]CC[S-])N3C)cc1.[O]=[Tc+3]. The van der Waals surface area contributed by atoms with Gasteiger partial charge in [-0.3, -0.25) is 0 Å². The van der Waals surface area contributed by atoms with Gasteiger partial charge in [-0.2, -0.15) is 18.1 Å². The number of aryl methyl sites for hydroxylation is 1. The Bertz CT molecular complexity index is 592. The standard InChI is InChI=1S/C22H36N3S2.O.Tc/c1-17-3-5-18(6-4-17)20-15-19-7-8-22(24(19)2)21(20)16-25(12-14-27)11-9-23-10-13-26;;/h3-6,19-22,26-27H,7-16H2,1-2H3;;/q-1;;+3/p-2/t19-,20+,21-,22+;;/m0../s1. The Morgan fingerprint density at radius 3 is 2.48 bits per heavy atom. The molecule has 7 heteroatoms. The summed E-state index contributed by atoms with van der Waals surface area (Å²) in [6.07, 6.45) is 3.99.